The van der Waals surface area contributed by atoms with Crippen LogP contribution in [-0.2, 0) is 6.42 Å². The van der Waals surface area contributed by atoms with Crippen molar-refractivity contribution in [1.82, 2.24) is 19.2 Å². The quantitative estimate of drug-likeness (QED) is 0.598. The van der Waals surface area contributed by atoms with E-state index in [2.05, 4.69) is 22.0 Å². The fourth-order valence-corrected chi connectivity index (χ4v) is 2.82. The van der Waals surface area contributed by atoms with Crippen LogP contribution in [0.5, 0.6) is 0 Å². The lowest BCUT2D eigenvalue weighted by molar-refractivity contribution is -0.380. The zero-order valence-corrected chi connectivity index (χ0v) is 11.3. The second-order valence-electron chi connectivity index (χ2n) is 3.48. The van der Waals surface area contributed by atoms with Crippen molar-refractivity contribution in [2.75, 3.05) is 0 Å². The second-order valence-corrected chi connectivity index (χ2v) is 5.69. The number of nitrogens with zero attached hydrogens (tertiary/aromatic N) is 5. The molecule has 0 atom stereocenters. The van der Waals surface area contributed by atoms with Gasteiger partial charge in [-0.1, -0.05) is 13.3 Å². The molecule has 0 saturated heterocycles. The number of unbranched alkanes of at least 4 members (excludes halogenated alkanes) is 1. The van der Waals surface area contributed by atoms with Crippen LogP contribution in [0.1, 0.15) is 25.6 Å². The lowest BCUT2D eigenvalue weighted by Gasteiger charge is -1.93. The Kier molecular flexibility index (Phi) is 4.26. The van der Waals surface area contributed by atoms with Crippen molar-refractivity contribution in [3.05, 3.63) is 28.5 Å². The summed E-state index contributed by atoms with van der Waals surface area (Å²) in [5.41, 5.74) is 0. The van der Waals surface area contributed by atoms with E-state index in [1.54, 1.807) is 10.4 Å². The van der Waals surface area contributed by atoms with Crippen molar-refractivity contribution >= 4 is 28.3 Å². The first-order chi connectivity index (χ1) is 8.69. The van der Waals surface area contributed by atoms with Gasteiger partial charge in [0.2, 0.25) is 0 Å². The van der Waals surface area contributed by atoms with Gasteiger partial charge in [-0.3, -0.25) is 10.1 Å². The van der Waals surface area contributed by atoms with Crippen LogP contribution in [0.3, 0.4) is 0 Å². The third-order valence-electron chi connectivity index (χ3n) is 2.10. The van der Waals surface area contributed by atoms with Crippen LogP contribution in [0.25, 0.3) is 0 Å². The molecule has 2 aromatic rings. The zero-order valence-electron chi connectivity index (χ0n) is 9.65. The van der Waals surface area contributed by atoms with E-state index < -0.39 is 4.92 Å². The molecule has 18 heavy (non-hydrogen) atoms. The summed E-state index contributed by atoms with van der Waals surface area (Å²) in [6, 6.07) is 0. The molecule has 96 valence electrons. The maximum Gasteiger partial charge on any atom is 0.344 e. The molecule has 0 radical (unpaired) electrons. The maximum absolute atomic E-state index is 10.5. The van der Waals surface area contributed by atoms with Crippen LogP contribution in [0.2, 0.25) is 0 Å². The number of nitro groups is 1. The van der Waals surface area contributed by atoms with Crippen LogP contribution in [0, 0.1) is 10.1 Å². The van der Waals surface area contributed by atoms with Gasteiger partial charge in [0.25, 0.3) is 0 Å². The molecule has 2 aromatic heterocycles. The van der Waals surface area contributed by atoms with Crippen molar-refractivity contribution in [2.45, 2.75) is 30.5 Å². The minimum atomic E-state index is -0.449. The molecule has 0 bridgehead atoms. The average Bonchev–Trinajstić information content (AvgIpc) is 2.96. The van der Waals surface area contributed by atoms with E-state index >= 15 is 0 Å². The summed E-state index contributed by atoms with van der Waals surface area (Å²) in [6.45, 7) is 2.11. The minimum Gasteiger partial charge on any atom is -0.257 e. The monoisotopic (exact) mass is 285 g/mol. The molecule has 0 aliphatic carbocycles. The van der Waals surface area contributed by atoms with Gasteiger partial charge in [0.05, 0.1) is 4.92 Å². The Morgan fingerprint density at radius 1 is 1.56 bits per heavy atom. The van der Waals surface area contributed by atoms with Gasteiger partial charge in [-0.15, -0.1) is 5.10 Å². The summed E-state index contributed by atoms with van der Waals surface area (Å²) in [7, 11) is 0. The normalized spacial score (nSPS) is 10.7. The first-order valence-corrected chi connectivity index (χ1v) is 6.97. The molecular formula is C9H11N5O2S2. The van der Waals surface area contributed by atoms with Gasteiger partial charge in [0, 0.05) is 18.4 Å². The molecule has 0 aliphatic rings. The summed E-state index contributed by atoms with van der Waals surface area (Å²) in [4.78, 5) is 18.2. The molecule has 0 spiro atoms. The van der Waals surface area contributed by atoms with Gasteiger partial charge in [-0.05, 0) is 17.8 Å². The maximum atomic E-state index is 10.5. The topological polar surface area (TPSA) is 86.7 Å². The largest absolute Gasteiger partial charge is 0.344 e. The smallest absolute Gasteiger partial charge is 0.257 e. The summed E-state index contributed by atoms with van der Waals surface area (Å²) in [6.07, 6.45) is 5.85. The standard InChI is InChI=1S/C9H11N5O2S2/c1-2-3-4-7-11-6-13(12-7)18-9-10-5-8(17-9)14(15)16/h5-6H,2-4H2,1H3. The van der Waals surface area contributed by atoms with Gasteiger partial charge >= 0.3 is 5.00 Å². The van der Waals surface area contributed by atoms with Crippen LogP contribution >= 0.6 is 23.3 Å². The fraction of sp³-hybridized carbons (Fsp3) is 0.444. The van der Waals surface area contributed by atoms with E-state index in [1.807, 2.05) is 0 Å². The third-order valence-corrected chi connectivity index (χ3v) is 3.94. The van der Waals surface area contributed by atoms with Crippen molar-refractivity contribution in [1.29, 1.82) is 0 Å². The summed E-state index contributed by atoms with van der Waals surface area (Å²) in [5.74, 6) is 0.787. The second kappa shape index (κ2) is 5.91. The molecule has 0 aromatic carbocycles. The number of rotatable bonds is 6. The Morgan fingerprint density at radius 2 is 2.39 bits per heavy atom. The summed E-state index contributed by atoms with van der Waals surface area (Å²) >= 11 is 2.25. The lowest BCUT2D eigenvalue weighted by Crippen LogP contribution is -1.91. The predicted molar refractivity (Wildman–Crippen MR) is 68.7 cm³/mol. The Labute approximate surface area is 112 Å². The number of aryl methyl sites for hydroxylation is 1. The van der Waals surface area contributed by atoms with Crippen molar-refractivity contribution in [3.8, 4) is 0 Å². The molecule has 7 nitrogen and oxygen atoms in total. The highest BCUT2D eigenvalue weighted by Crippen LogP contribution is 2.29. The van der Waals surface area contributed by atoms with Crippen molar-refractivity contribution < 1.29 is 4.92 Å². The van der Waals surface area contributed by atoms with Crippen LogP contribution in [-0.4, -0.2) is 24.1 Å². The third kappa shape index (κ3) is 3.26. The van der Waals surface area contributed by atoms with Crippen LogP contribution in [0.15, 0.2) is 16.9 Å². The van der Waals surface area contributed by atoms with Gasteiger partial charge in [-0.25, -0.2) is 9.97 Å². The van der Waals surface area contributed by atoms with Crippen molar-refractivity contribution in [2.24, 2.45) is 0 Å². The number of aromatic nitrogens is 4. The van der Waals surface area contributed by atoms with E-state index in [-0.39, 0.29) is 5.00 Å². The molecule has 0 aliphatic heterocycles. The number of thiazole rings is 1. The molecule has 0 amide bonds. The fourth-order valence-electron chi connectivity index (χ4n) is 1.23. The molecule has 0 N–H and O–H groups in total. The molecule has 2 heterocycles. The summed E-state index contributed by atoms with van der Waals surface area (Å²) in [5, 5.41) is 14.8. The Morgan fingerprint density at radius 3 is 3.06 bits per heavy atom. The molecule has 9 heteroatoms. The van der Waals surface area contributed by atoms with E-state index in [0.29, 0.717) is 4.34 Å². The highest BCUT2D eigenvalue weighted by molar-refractivity contribution is 7.99. The highest BCUT2D eigenvalue weighted by Gasteiger charge is 2.13. The van der Waals surface area contributed by atoms with Gasteiger partial charge < -0.3 is 0 Å². The molecule has 0 saturated carbocycles. The van der Waals surface area contributed by atoms with Gasteiger partial charge in [-0.2, -0.15) is 4.09 Å². The Bertz CT molecular complexity index is 539. The van der Waals surface area contributed by atoms with Crippen molar-refractivity contribution in [3.63, 3.8) is 0 Å². The SMILES string of the molecule is CCCCc1ncn(Sc2ncc([N+](=O)[O-])s2)n1. The molecule has 0 fully saturated rings. The molecular weight excluding hydrogens is 274 g/mol. The van der Waals surface area contributed by atoms with Crippen LogP contribution in [0.4, 0.5) is 5.00 Å². The first kappa shape index (κ1) is 13.0. The minimum absolute atomic E-state index is 0.0313. The molecule has 2 rings (SSSR count). The Balaban J connectivity index is 1.99. The summed E-state index contributed by atoms with van der Waals surface area (Å²) < 4.78 is 2.15. The van der Waals surface area contributed by atoms with Gasteiger partial charge in [0.15, 0.2) is 10.2 Å². The van der Waals surface area contributed by atoms with E-state index in [0.717, 1.165) is 36.4 Å². The number of hydrogen-bond donors (Lipinski definition) is 0. The predicted octanol–water partition coefficient (Wildman–Crippen LogP) is 2.54. The lowest BCUT2D eigenvalue weighted by atomic mass is 10.2. The van der Waals surface area contributed by atoms with E-state index in [4.69, 9.17) is 0 Å². The van der Waals surface area contributed by atoms with E-state index in [1.165, 1.54) is 18.1 Å². The van der Waals surface area contributed by atoms with Gasteiger partial charge in [0.1, 0.15) is 12.5 Å². The van der Waals surface area contributed by atoms with Crippen LogP contribution < -0.4 is 0 Å². The average molecular weight is 285 g/mol. The highest BCUT2D eigenvalue weighted by atomic mass is 32.2. The zero-order chi connectivity index (χ0) is 13.0. The first-order valence-electron chi connectivity index (χ1n) is 5.38. The van der Waals surface area contributed by atoms with E-state index in [9.17, 15) is 10.1 Å². The molecule has 0 unspecified atom stereocenters. The number of hydrogen-bond acceptors (Lipinski definition) is 7. The Hall–Kier alpha value is -1.48.